The molecule has 0 saturated carbocycles. The number of aromatic nitrogens is 3. The van der Waals surface area contributed by atoms with Gasteiger partial charge in [0.2, 0.25) is 0 Å². The molecule has 1 saturated heterocycles. The number of halogens is 1. The van der Waals surface area contributed by atoms with Gasteiger partial charge in [-0.05, 0) is 54.7 Å². The maximum atomic E-state index is 4.83. The van der Waals surface area contributed by atoms with Gasteiger partial charge in [-0.15, -0.1) is 0 Å². The van der Waals surface area contributed by atoms with Gasteiger partial charge in [0.1, 0.15) is 5.82 Å². The highest BCUT2D eigenvalue weighted by atomic mass is 79.9. The molecular weight excluding hydrogens is 352 g/mol. The van der Waals surface area contributed by atoms with Crippen molar-refractivity contribution in [2.24, 2.45) is 13.0 Å². The zero-order valence-electron chi connectivity index (χ0n) is 13.1. The molecule has 118 valence electrons. The lowest BCUT2D eigenvalue weighted by atomic mass is 10.0. The first-order chi connectivity index (χ1) is 11.2. The van der Waals surface area contributed by atoms with E-state index in [1.165, 1.54) is 17.4 Å². The van der Waals surface area contributed by atoms with Crippen LogP contribution in [0.1, 0.15) is 12.0 Å². The Morgan fingerprint density at radius 2 is 2.17 bits per heavy atom. The van der Waals surface area contributed by atoms with Crippen molar-refractivity contribution in [2.45, 2.75) is 12.8 Å². The number of hydrogen-bond acceptors (Lipinski definition) is 3. The smallest absolute Gasteiger partial charge is 0.129 e. The van der Waals surface area contributed by atoms with Crippen LogP contribution in [-0.4, -0.2) is 27.9 Å². The maximum absolute atomic E-state index is 4.83. The number of benzene rings is 1. The van der Waals surface area contributed by atoms with Gasteiger partial charge in [0.15, 0.2) is 0 Å². The molecule has 3 aromatic rings. The highest BCUT2D eigenvalue weighted by Crippen LogP contribution is 2.27. The summed E-state index contributed by atoms with van der Waals surface area (Å²) in [5, 5.41) is 5.44. The predicted octanol–water partition coefficient (Wildman–Crippen LogP) is 3.80. The molecule has 2 aromatic heterocycles. The molecule has 1 unspecified atom stereocenters. The van der Waals surface area contributed by atoms with Gasteiger partial charge in [0.25, 0.3) is 0 Å². The topological polar surface area (TPSA) is 34.0 Å². The Kier molecular flexibility index (Phi) is 3.81. The Hall–Kier alpha value is -1.88. The molecule has 23 heavy (non-hydrogen) atoms. The second-order valence-corrected chi connectivity index (χ2v) is 7.25. The number of hydrogen-bond donors (Lipinski definition) is 0. The number of anilines is 1. The van der Waals surface area contributed by atoms with Crippen LogP contribution in [0.3, 0.4) is 0 Å². The Balaban J connectivity index is 1.49. The molecule has 1 aliphatic rings. The third-order valence-electron chi connectivity index (χ3n) is 4.53. The third-order valence-corrected chi connectivity index (χ3v) is 5.02. The average Bonchev–Trinajstić information content (AvgIpc) is 3.16. The number of rotatable bonds is 3. The number of pyridine rings is 1. The fraction of sp³-hybridized carbons (Fsp3) is 0.333. The molecule has 0 spiro atoms. The van der Waals surface area contributed by atoms with Crippen LogP contribution in [0.15, 0.2) is 47.2 Å². The average molecular weight is 371 g/mol. The summed E-state index contributed by atoms with van der Waals surface area (Å²) in [6.07, 6.45) is 6.42. The molecule has 3 heterocycles. The largest absolute Gasteiger partial charge is 0.356 e. The van der Waals surface area contributed by atoms with Crippen LogP contribution < -0.4 is 4.90 Å². The van der Waals surface area contributed by atoms with Gasteiger partial charge in [-0.25, -0.2) is 4.98 Å². The van der Waals surface area contributed by atoms with E-state index in [0.717, 1.165) is 35.3 Å². The van der Waals surface area contributed by atoms with Crippen molar-refractivity contribution in [2.75, 3.05) is 18.0 Å². The van der Waals surface area contributed by atoms with E-state index < -0.39 is 0 Å². The molecule has 1 atom stereocenters. The molecule has 1 aromatic carbocycles. The zero-order valence-corrected chi connectivity index (χ0v) is 14.7. The lowest BCUT2D eigenvalue weighted by Gasteiger charge is -2.18. The predicted molar refractivity (Wildman–Crippen MR) is 96.7 cm³/mol. The van der Waals surface area contributed by atoms with E-state index in [9.17, 15) is 0 Å². The van der Waals surface area contributed by atoms with E-state index in [4.69, 9.17) is 4.98 Å². The Bertz CT molecular complexity index is 842. The van der Waals surface area contributed by atoms with Gasteiger partial charge in [-0.3, -0.25) is 4.68 Å². The van der Waals surface area contributed by atoms with E-state index in [2.05, 4.69) is 56.4 Å². The Morgan fingerprint density at radius 3 is 3.00 bits per heavy atom. The monoisotopic (exact) mass is 370 g/mol. The van der Waals surface area contributed by atoms with Crippen molar-refractivity contribution in [3.05, 3.63) is 52.8 Å². The summed E-state index contributed by atoms with van der Waals surface area (Å²) in [5.74, 6) is 1.77. The van der Waals surface area contributed by atoms with Gasteiger partial charge >= 0.3 is 0 Å². The van der Waals surface area contributed by atoms with Crippen LogP contribution in [-0.2, 0) is 13.5 Å². The van der Waals surface area contributed by atoms with Gasteiger partial charge in [-0.1, -0.05) is 15.9 Å². The molecule has 0 amide bonds. The molecule has 1 aliphatic heterocycles. The van der Waals surface area contributed by atoms with Crippen molar-refractivity contribution >= 4 is 32.7 Å². The summed E-state index contributed by atoms with van der Waals surface area (Å²) in [7, 11) is 1.97. The van der Waals surface area contributed by atoms with Crippen molar-refractivity contribution < 1.29 is 0 Å². The van der Waals surface area contributed by atoms with Crippen molar-refractivity contribution in [1.29, 1.82) is 0 Å². The lowest BCUT2D eigenvalue weighted by Crippen LogP contribution is -2.21. The minimum absolute atomic E-state index is 0.682. The molecule has 5 heteroatoms. The highest BCUT2D eigenvalue weighted by molar-refractivity contribution is 9.10. The normalized spacial score (nSPS) is 18.0. The molecule has 0 bridgehead atoms. The van der Waals surface area contributed by atoms with Gasteiger partial charge in [0.05, 0.1) is 11.7 Å². The van der Waals surface area contributed by atoms with Crippen LogP contribution >= 0.6 is 15.9 Å². The van der Waals surface area contributed by atoms with Crippen molar-refractivity contribution in [3.8, 4) is 0 Å². The molecule has 0 N–H and O–H groups in total. The second kappa shape index (κ2) is 5.96. The molecular formula is C18H19BrN4. The fourth-order valence-electron chi connectivity index (χ4n) is 3.38. The summed E-state index contributed by atoms with van der Waals surface area (Å²) in [4.78, 5) is 7.24. The first kappa shape index (κ1) is 14.7. The summed E-state index contributed by atoms with van der Waals surface area (Å²) >= 11 is 3.51. The molecule has 4 rings (SSSR count). The van der Waals surface area contributed by atoms with Gasteiger partial charge in [-0.2, -0.15) is 5.10 Å². The molecule has 0 aliphatic carbocycles. The summed E-state index contributed by atoms with van der Waals surface area (Å²) in [6, 6.07) is 10.5. The fourth-order valence-corrected chi connectivity index (χ4v) is 3.76. The van der Waals surface area contributed by atoms with Crippen LogP contribution in [0.5, 0.6) is 0 Å². The number of nitrogens with zero attached hydrogens (tertiary/aromatic N) is 4. The summed E-state index contributed by atoms with van der Waals surface area (Å²) in [6.45, 7) is 2.16. The molecule has 4 nitrogen and oxygen atoms in total. The molecule has 1 fully saturated rings. The highest BCUT2D eigenvalue weighted by Gasteiger charge is 2.24. The van der Waals surface area contributed by atoms with Crippen LogP contribution in [0, 0.1) is 5.92 Å². The third kappa shape index (κ3) is 3.11. The quantitative estimate of drug-likeness (QED) is 0.702. The zero-order chi connectivity index (χ0) is 15.8. The van der Waals surface area contributed by atoms with Gasteiger partial charge < -0.3 is 4.90 Å². The first-order valence-corrected chi connectivity index (χ1v) is 8.75. The maximum Gasteiger partial charge on any atom is 0.129 e. The lowest BCUT2D eigenvalue weighted by molar-refractivity contribution is 0.586. The van der Waals surface area contributed by atoms with Crippen LogP contribution in [0.2, 0.25) is 0 Å². The number of fused-ring (bicyclic) bond motifs is 1. The van der Waals surface area contributed by atoms with E-state index >= 15 is 0 Å². The molecule has 0 radical (unpaired) electrons. The van der Waals surface area contributed by atoms with E-state index in [1.807, 2.05) is 24.0 Å². The first-order valence-electron chi connectivity index (χ1n) is 7.96. The SMILES string of the molecule is Cn1cc(CC2CCN(c3ccc4cc(Br)ccc4n3)C2)cn1. The van der Waals surface area contributed by atoms with Crippen LogP contribution in [0.25, 0.3) is 10.9 Å². The van der Waals surface area contributed by atoms with Crippen LogP contribution in [0.4, 0.5) is 5.82 Å². The van der Waals surface area contributed by atoms with E-state index in [0.29, 0.717) is 5.92 Å². The second-order valence-electron chi connectivity index (χ2n) is 6.33. The minimum atomic E-state index is 0.682. The van der Waals surface area contributed by atoms with Gasteiger partial charge in [0, 0.05) is 36.2 Å². The standard InChI is InChI=1S/C18H19BrN4/c1-22-11-14(10-20-22)8-13-6-7-23(12-13)18-5-2-15-9-16(19)3-4-17(15)21-18/h2-5,9-11,13H,6-8,12H2,1H3. The van der Waals surface area contributed by atoms with E-state index in [-0.39, 0.29) is 0 Å². The van der Waals surface area contributed by atoms with E-state index in [1.54, 1.807) is 0 Å². The van der Waals surface area contributed by atoms with Crippen molar-refractivity contribution in [3.63, 3.8) is 0 Å². The summed E-state index contributed by atoms with van der Waals surface area (Å²) < 4.78 is 2.97. The summed E-state index contributed by atoms with van der Waals surface area (Å²) in [5.41, 5.74) is 2.39. The number of aryl methyl sites for hydroxylation is 1. The Labute approximate surface area is 144 Å². The van der Waals surface area contributed by atoms with Crippen molar-refractivity contribution in [1.82, 2.24) is 14.8 Å². The minimum Gasteiger partial charge on any atom is -0.356 e. The Morgan fingerprint density at radius 1 is 1.26 bits per heavy atom.